The van der Waals surface area contributed by atoms with Crippen molar-refractivity contribution in [3.8, 4) is 5.75 Å². The summed E-state index contributed by atoms with van der Waals surface area (Å²) in [6.45, 7) is 10.2. The van der Waals surface area contributed by atoms with Crippen LogP contribution in [0, 0.1) is 6.92 Å². The van der Waals surface area contributed by atoms with E-state index >= 15 is 0 Å². The lowest BCUT2D eigenvalue weighted by Gasteiger charge is -2.46. The SMILES string of the molecule is Cc1cc2c(cc1CCC(=O)O)nc(Nc1ccc(OC(F)(F)F)cc1)n2C1CC(C)(C)OC(C)(C)C1. The third-order valence-electron chi connectivity index (χ3n) is 6.47. The Kier molecular flexibility index (Phi) is 6.92. The van der Waals surface area contributed by atoms with Gasteiger partial charge in [-0.05, 0) is 101 Å². The smallest absolute Gasteiger partial charge is 0.481 e. The van der Waals surface area contributed by atoms with E-state index in [0.717, 1.165) is 29.5 Å². The normalized spacial score (nSPS) is 17.6. The number of hydrogen-bond donors (Lipinski definition) is 2. The summed E-state index contributed by atoms with van der Waals surface area (Å²) >= 11 is 0. The summed E-state index contributed by atoms with van der Waals surface area (Å²) in [7, 11) is 0. The highest BCUT2D eigenvalue weighted by Gasteiger charge is 2.41. The number of fused-ring (bicyclic) bond motifs is 1. The number of nitrogens with zero attached hydrogens (tertiary/aromatic N) is 2. The van der Waals surface area contributed by atoms with E-state index in [4.69, 9.17) is 14.8 Å². The van der Waals surface area contributed by atoms with Crippen LogP contribution >= 0.6 is 0 Å². The van der Waals surface area contributed by atoms with Crippen LogP contribution in [-0.4, -0.2) is 38.2 Å². The molecular formula is C27H32F3N3O4. The van der Waals surface area contributed by atoms with E-state index in [0.29, 0.717) is 23.6 Å². The van der Waals surface area contributed by atoms with Crippen molar-refractivity contribution >= 4 is 28.6 Å². The lowest BCUT2D eigenvalue weighted by molar-refractivity contribution is -0.274. The summed E-state index contributed by atoms with van der Waals surface area (Å²) in [5, 5.41) is 12.4. The molecule has 1 aliphatic rings. The molecule has 200 valence electrons. The topological polar surface area (TPSA) is 85.6 Å². The average Bonchev–Trinajstić information content (AvgIpc) is 3.06. The number of hydrogen-bond acceptors (Lipinski definition) is 5. The number of carboxylic acid groups (broad SMARTS) is 1. The van der Waals surface area contributed by atoms with Crippen molar-refractivity contribution in [2.24, 2.45) is 0 Å². The molecule has 0 bridgehead atoms. The molecule has 0 unspecified atom stereocenters. The van der Waals surface area contributed by atoms with Gasteiger partial charge in [-0.2, -0.15) is 0 Å². The number of alkyl halides is 3. The van der Waals surface area contributed by atoms with Crippen LogP contribution in [-0.2, 0) is 16.0 Å². The molecule has 2 heterocycles. The molecular weight excluding hydrogens is 487 g/mol. The Morgan fingerprint density at radius 1 is 1.16 bits per heavy atom. The third-order valence-corrected chi connectivity index (χ3v) is 6.47. The van der Waals surface area contributed by atoms with E-state index in [1.165, 1.54) is 24.3 Å². The second-order valence-corrected chi connectivity index (χ2v) is 10.8. The number of nitrogens with one attached hydrogen (secondary N) is 1. The van der Waals surface area contributed by atoms with Crippen molar-refractivity contribution < 1.29 is 32.5 Å². The van der Waals surface area contributed by atoms with Crippen LogP contribution in [0.5, 0.6) is 5.75 Å². The lowest BCUT2D eigenvalue weighted by Crippen LogP contribution is -2.45. The fourth-order valence-electron chi connectivity index (χ4n) is 5.35. The highest BCUT2D eigenvalue weighted by atomic mass is 19.4. The highest BCUT2D eigenvalue weighted by molar-refractivity contribution is 5.82. The Balaban J connectivity index is 1.76. The maximum absolute atomic E-state index is 12.6. The zero-order chi connectivity index (χ0) is 27.2. The van der Waals surface area contributed by atoms with Crippen LogP contribution in [0.15, 0.2) is 36.4 Å². The van der Waals surface area contributed by atoms with E-state index < -0.39 is 12.3 Å². The van der Waals surface area contributed by atoms with Crippen molar-refractivity contribution in [1.29, 1.82) is 0 Å². The zero-order valence-electron chi connectivity index (χ0n) is 21.6. The number of ether oxygens (including phenoxy) is 2. The van der Waals surface area contributed by atoms with Gasteiger partial charge in [-0.1, -0.05) is 0 Å². The van der Waals surface area contributed by atoms with Gasteiger partial charge in [0.25, 0.3) is 0 Å². The number of anilines is 2. The van der Waals surface area contributed by atoms with Gasteiger partial charge in [0.1, 0.15) is 5.75 Å². The van der Waals surface area contributed by atoms with Crippen LogP contribution < -0.4 is 10.1 Å². The minimum atomic E-state index is -4.76. The first-order chi connectivity index (χ1) is 17.1. The number of aryl methyl sites for hydroxylation is 2. The number of rotatable bonds is 7. The largest absolute Gasteiger partial charge is 0.573 e. The predicted octanol–water partition coefficient (Wildman–Crippen LogP) is 6.91. The quantitative estimate of drug-likeness (QED) is 0.353. The Hall–Kier alpha value is -3.27. The molecule has 37 heavy (non-hydrogen) atoms. The molecule has 0 radical (unpaired) electrons. The number of carbonyl (C=O) groups is 1. The molecule has 2 N–H and O–H groups in total. The monoisotopic (exact) mass is 519 g/mol. The minimum Gasteiger partial charge on any atom is -0.481 e. The lowest BCUT2D eigenvalue weighted by atomic mass is 9.85. The molecule has 1 fully saturated rings. The first-order valence-corrected chi connectivity index (χ1v) is 12.2. The number of aliphatic carboxylic acids is 1. The Morgan fingerprint density at radius 3 is 2.35 bits per heavy atom. The van der Waals surface area contributed by atoms with Gasteiger partial charge in [-0.25, -0.2) is 4.98 Å². The molecule has 10 heteroatoms. The van der Waals surface area contributed by atoms with Crippen molar-refractivity contribution in [3.63, 3.8) is 0 Å². The van der Waals surface area contributed by atoms with E-state index in [1.807, 2.05) is 19.1 Å². The van der Waals surface area contributed by atoms with Gasteiger partial charge in [0, 0.05) is 18.2 Å². The predicted molar refractivity (Wildman–Crippen MR) is 134 cm³/mol. The summed E-state index contributed by atoms with van der Waals surface area (Å²) < 4.78 is 50.1. The van der Waals surface area contributed by atoms with E-state index in [9.17, 15) is 18.0 Å². The van der Waals surface area contributed by atoms with E-state index in [2.05, 4.69) is 42.3 Å². The summed E-state index contributed by atoms with van der Waals surface area (Å²) in [4.78, 5) is 16.0. The molecule has 7 nitrogen and oxygen atoms in total. The maximum Gasteiger partial charge on any atom is 0.573 e. The number of aromatic nitrogens is 2. The van der Waals surface area contributed by atoms with Gasteiger partial charge in [-0.3, -0.25) is 4.79 Å². The van der Waals surface area contributed by atoms with Crippen LogP contribution in [0.25, 0.3) is 11.0 Å². The average molecular weight is 520 g/mol. The first kappa shape index (κ1) is 26.8. The minimum absolute atomic E-state index is 0.0207. The van der Waals surface area contributed by atoms with Gasteiger partial charge >= 0.3 is 12.3 Å². The molecule has 0 amide bonds. The fraction of sp³-hybridized carbons (Fsp3) is 0.481. The van der Waals surface area contributed by atoms with Gasteiger partial charge in [-0.15, -0.1) is 13.2 Å². The van der Waals surface area contributed by atoms with Crippen molar-refractivity contribution in [2.45, 2.75) is 83.9 Å². The summed E-state index contributed by atoms with van der Waals surface area (Å²) in [6.07, 6.45) is -2.89. The fourth-order valence-corrected chi connectivity index (χ4v) is 5.35. The van der Waals surface area contributed by atoms with Crippen molar-refractivity contribution in [1.82, 2.24) is 9.55 Å². The van der Waals surface area contributed by atoms with E-state index in [-0.39, 0.29) is 29.4 Å². The molecule has 1 aromatic heterocycles. The van der Waals surface area contributed by atoms with Crippen molar-refractivity contribution in [3.05, 3.63) is 47.5 Å². The summed E-state index contributed by atoms with van der Waals surface area (Å²) in [5.41, 5.74) is 3.29. The van der Waals surface area contributed by atoms with Crippen molar-refractivity contribution in [2.75, 3.05) is 5.32 Å². The van der Waals surface area contributed by atoms with Crippen LogP contribution in [0.3, 0.4) is 0 Å². The molecule has 0 atom stereocenters. The Morgan fingerprint density at radius 2 is 1.78 bits per heavy atom. The Bertz CT molecular complexity index is 1280. The molecule has 1 aliphatic heterocycles. The van der Waals surface area contributed by atoms with Crippen LogP contribution in [0.2, 0.25) is 0 Å². The Labute approximate surface area is 213 Å². The number of carboxylic acids is 1. The molecule has 0 spiro atoms. The zero-order valence-corrected chi connectivity index (χ0v) is 21.6. The molecule has 3 aromatic rings. The molecule has 0 saturated carbocycles. The standard InChI is InChI=1S/C27H32F3N3O4/c1-16-12-22-21(13-17(16)6-11-23(34)35)32-24(31-18-7-9-20(10-8-18)36-27(28,29)30)33(22)19-14-25(2,3)37-26(4,5)15-19/h7-10,12-13,19H,6,11,14-15H2,1-5H3,(H,31,32)(H,34,35). The van der Waals surface area contributed by atoms with Crippen LogP contribution in [0.4, 0.5) is 24.8 Å². The van der Waals surface area contributed by atoms with Gasteiger partial charge in [0.2, 0.25) is 5.95 Å². The van der Waals surface area contributed by atoms with E-state index in [1.54, 1.807) is 0 Å². The third kappa shape index (κ3) is 6.54. The molecule has 0 aliphatic carbocycles. The highest BCUT2D eigenvalue weighted by Crippen LogP contribution is 2.44. The molecule has 1 saturated heterocycles. The molecule has 2 aromatic carbocycles. The number of imidazole rings is 1. The number of halogens is 3. The van der Waals surface area contributed by atoms with Gasteiger partial charge in [0.15, 0.2) is 0 Å². The van der Waals surface area contributed by atoms with Gasteiger partial charge < -0.3 is 24.5 Å². The maximum atomic E-state index is 12.6. The van der Waals surface area contributed by atoms with Gasteiger partial charge in [0.05, 0.1) is 22.2 Å². The van der Waals surface area contributed by atoms with Crippen LogP contribution in [0.1, 0.15) is 64.1 Å². The first-order valence-electron chi connectivity index (χ1n) is 12.2. The second-order valence-electron chi connectivity index (χ2n) is 10.8. The molecule has 4 rings (SSSR count). The second kappa shape index (κ2) is 9.55. The summed E-state index contributed by atoms with van der Waals surface area (Å²) in [5.74, 6) is -0.622. The summed E-state index contributed by atoms with van der Waals surface area (Å²) in [6, 6.07) is 9.49. The number of benzene rings is 2.